The first-order valence-corrected chi connectivity index (χ1v) is 9.38. The topological polar surface area (TPSA) is 39.2 Å². The first kappa shape index (κ1) is 17.2. The fourth-order valence-electron chi connectivity index (χ4n) is 2.82. The van der Waals surface area contributed by atoms with E-state index in [2.05, 4.69) is 0 Å². The van der Waals surface area contributed by atoms with Gasteiger partial charge < -0.3 is 4.74 Å². The summed E-state index contributed by atoms with van der Waals surface area (Å²) in [5.74, 6) is 0.744. The molecule has 132 valence electrons. The third-order valence-electron chi connectivity index (χ3n) is 4.23. The summed E-state index contributed by atoms with van der Waals surface area (Å²) < 4.78 is 6.28. The minimum atomic E-state index is -0.0366. The summed E-state index contributed by atoms with van der Waals surface area (Å²) in [4.78, 5) is 17.9. The lowest BCUT2D eigenvalue weighted by Crippen LogP contribution is -2.02. The Bertz CT molecular complexity index is 1080. The van der Waals surface area contributed by atoms with Gasteiger partial charge in [0.2, 0.25) is 0 Å². The lowest BCUT2D eigenvalue weighted by atomic mass is 10.0. The van der Waals surface area contributed by atoms with Crippen LogP contribution in [0.15, 0.2) is 78.9 Å². The summed E-state index contributed by atoms with van der Waals surface area (Å²) in [6.07, 6.45) is 1.90. The molecule has 0 radical (unpaired) electrons. The Balaban J connectivity index is 1.83. The van der Waals surface area contributed by atoms with Crippen molar-refractivity contribution in [2.45, 2.75) is 0 Å². The molecule has 0 aliphatic carbocycles. The molecule has 1 heterocycles. The SMILES string of the molecule is COc1ccc(/C=C(/C(=O)c2ccccc2)c2nc3ccccc3s2)cc1. The van der Waals surface area contributed by atoms with Crippen LogP contribution in [0.25, 0.3) is 21.9 Å². The zero-order valence-corrected chi connectivity index (χ0v) is 15.6. The lowest BCUT2D eigenvalue weighted by Gasteiger charge is -2.05. The zero-order chi connectivity index (χ0) is 18.6. The minimum Gasteiger partial charge on any atom is -0.497 e. The van der Waals surface area contributed by atoms with Crippen molar-refractivity contribution in [3.63, 3.8) is 0 Å². The average Bonchev–Trinajstić information content (AvgIpc) is 3.16. The van der Waals surface area contributed by atoms with Crippen molar-refractivity contribution >= 4 is 39.0 Å². The standard InChI is InChI=1S/C23H17NO2S/c1-26-18-13-11-16(12-14-18)15-19(22(25)17-7-3-2-4-8-17)23-24-20-9-5-6-10-21(20)27-23/h2-15H,1H3/b19-15-. The Hall–Kier alpha value is -3.24. The van der Waals surface area contributed by atoms with Crippen LogP contribution in [0.4, 0.5) is 0 Å². The maximum absolute atomic E-state index is 13.2. The van der Waals surface area contributed by atoms with E-state index in [0.29, 0.717) is 11.1 Å². The van der Waals surface area contributed by atoms with Gasteiger partial charge in [-0.2, -0.15) is 0 Å². The molecular weight excluding hydrogens is 354 g/mol. The molecule has 0 saturated carbocycles. The number of benzene rings is 3. The van der Waals surface area contributed by atoms with Crippen LogP contribution in [0.3, 0.4) is 0 Å². The summed E-state index contributed by atoms with van der Waals surface area (Å²) in [5.41, 5.74) is 3.07. The van der Waals surface area contributed by atoms with E-state index in [-0.39, 0.29) is 5.78 Å². The van der Waals surface area contributed by atoms with Gasteiger partial charge in [-0.3, -0.25) is 4.79 Å². The van der Waals surface area contributed by atoms with E-state index in [0.717, 1.165) is 26.5 Å². The summed E-state index contributed by atoms with van der Waals surface area (Å²) >= 11 is 1.53. The van der Waals surface area contributed by atoms with Gasteiger partial charge in [0.15, 0.2) is 5.78 Å². The number of allylic oxidation sites excluding steroid dienone is 1. The Morgan fingerprint density at radius 1 is 0.926 bits per heavy atom. The monoisotopic (exact) mass is 371 g/mol. The quantitative estimate of drug-likeness (QED) is 0.332. The van der Waals surface area contributed by atoms with Crippen molar-refractivity contribution in [2.24, 2.45) is 0 Å². The number of methoxy groups -OCH3 is 1. The molecular formula is C23H17NO2S. The number of carbonyl (C=O) groups is 1. The molecule has 4 aromatic rings. The summed E-state index contributed by atoms with van der Waals surface area (Å²) in [6.45, 7) is 0. The molecule has 0 N–H and O–H groups in total. The third kappa shape index (κ3) is 3.66. The molecule has 0 saturated heterocycles. The Labute approximate surface area is 161 Å². The van der Waals surface area contributed by atoms with Crippen LogP contribution >= 0.6 is 11.3 Å². The Morgan fingerprint density at radius 3 is 2.33 bits per heavy atom. The summed E-state index contributed by atoms with van der Waals surface area (Å²) in [5, 5.41) is 0.723. The van der Waals surface area contributed by atoms with Crippen LogP contribution in [-0.4, -0.2) is 17.9 Å². The molecule has 0 unspecified atom stereocenters. The van der Waals surface area contributed by atoms with Crippen molar-refractivity contribution in [3.05, 3.63) is 95.0 Å². The Kier molecular flexibility index (Phi) is 4.81. The van der Waals surface area contributed by atoms with Crippen LogP contribution < -0.4 is 4.74 Å². The van der Waals surface area contributed by atoms with Gasteiger partial charge in [0.1, 0.15) is 10.8 Å². The number of thiazole rings is 1. The fraction of sp³-hybridized carbons (Fsp3) is 0.0435. The van der Waals surface area contributed by atoms with Crippen molar-refractivity contribution < 1.29 is 9.53 Å². The van der Waals surface area contributed by atoms with E-state index < -0.39 is 0 Å². The van der Waals surface area contributed by atoms with Gasteiger partial charge in [-0.15, -0.1) is 11.3 Å². The maximum Gasteiger partial charge on any atom is 0.196 e. The zero-order valence-electron chi connectivity index (χ0n) is 14.8. The molecule has 4 heteroatoms. The number of carbonyl (C=O) groups excluding carboxylic acids is 1. The van der Waals surface area contributed by atoms with E-state index >= 15 is 0 Å². The molecule has 1 aromatic heterocycles. The number of ether oxygens (including phenoxy) is 1. The van der Waals surface area contributed by atoms with Gasteiger partial charge in [-0.25, -0.2) is 4.98 Å². The van der Waals surface area contributed by atoms with E-state index in [9.17, 15) is 4.79 Å². The molecule has 0 bridgehead atoms. The minimum absolute atomic E-state index is 0.0366. The normalized spacial score (nSPS) is 11.5. The number of rotatable bonds is 5. The number of aromatic nitrogens is 1. The highest BCUT2D eigenvalue weighted by atomic mass is 32.1. The van der Waals surface area contributed by atoms with Gasteiger partial charge in [0.05, 0.1) is 22.9 Å². The van der Waals surface area contributed by atoms with Gasteiger partial charge in [-0.1, -0.05) is 54.6 Å². The van der Waals surface area contributed by atoms with Crippen LogP contribution in [0.5, 0.6) is 5.75 Å². The number of nitrogens with zero attached hydrogens (tertiary/aromatic N) is 1. The molecule has 0 spiro atoms. The molecule has 0 aliphatic heterocycles. The molecule has 3 aromatic carbocycles. The molecule has 0 amide bonds. The number of fused-ring (bicyclic) bond motifs is 1. The third-order valence-corrected chi connectivity index (χ3v) is 5.30. The lowest BCUT2D eigenvalue weighted by molar-refractivity contribution is 0.105. The first-order chi connectivity index (χ1) is 13.2. The van der Waals surface area contributed by atoms with Crippen LogP contribution in [0.2, 0.25) is 0 Å². The number of ketones is 1. The predicted molar refractivity (Wildman–Crippen MR) is 111 cm³/mol. The molecule has 27 heavy (non-hydrogen) atoms. The maximum atomic E-state index is 13.2. The number of Topliss-reactive ketones (excluding diaryl/α,β-unsaturated/α-hetero) is 1. The molecule has 0 fully saturated rings. The van der Waals surface area contributed by atoms with Crippen molar-refractivity contribution in [3.8, 4) is 5.75 Å². The van der Waals surface area contributed by atoms with Gasteiger partial charge in [0.25, 0.3) is 0 Å². The van der Waals surface area contributed by atoms with E-state index in [1.807, 2.05) is 84.9 Å². The molecule has 0 aliphatic rings. The summed E-state index contributed by atoms with van der Waals surface area (Å²) in [6, 6.07) is 24.9. The smallest absolute Gasteiger partial charge is 0.196 e. The van der Waals surface area contributed by atoms with Gasteiger partial charge >= 0.3 is 0 Å². The first-order valence-electron chi connectivity index (χ1n) is 8.56. The molecule has 3 nitrogen and oxygen atoms in total. The van der Waals surface area contributed by atoms with Gasteiger partial charge in [-0.05, 0) is 35.9 Å². The van der Waals surface area contributed by atoms with E-state index in [1.165, 1.54) is 11.3 Å². The van der Waals surface area contributed by atoms with Crippen molar-refractivity contribution in [2.75, 3.05) is 7.11 Å². The number of para-hydroxylation sites is 1. The number of hydrogen-bond donors (Lipinski definition) is 0. The second-order valence-electron chi connectivity index (χ2n) is 6.01. The van der Waals surface area contributed by atoms with Gasteiger partial charge in [0, 0.05) is 5.56 Å². The molecule has 4 rings (SSSR count). The van der Waals surface area contributed by atoms with Crippen molar-refractivity contribution in [1.82, 2.24) is 4.98 Å². The number of hydrogen-bond acceptors (Lipinski definition) is 4. The summed E-state index contributed by atoms with van der Waals surface area (Å²) in [7, 11) is 1.64. The fourth-order valence-corrected chi connectivity index (χ4v) is 3.80. The van der Waals surface area contributed by atoms with Crippen LogP contribution in [-0.2, 0) is 0 Å². The largest absolute Gasteiger partial charge is 0.497 e. The second kappa shape index (κ2) is 7.56. The molecule has 0 atom stereocenters. The van der Waals surface area contributed by atoms with Crippen LogP contribution in [0.1, 0.15) is 20.9 Å². The average molecular weight is 371 g/mol. The van der Waals surface area contributed by atoms with Crippen molar-refractivity contribution in [1.29, 1.82) is 0 Å². The van der Waals surface area contributed by atoms with E-state index in [1.54, 1.807) is 7.11 Å². The van der Waals surface area contributed by atoms with E-state index in [4.69, 9.17) is 9.72 Å². The Morgan fingerprint density at radius 2 is 1.63 bits per heavy atom. The highest BCUT2D eigenvalue weighted by Crippen LogP contribution is 2.30. The second-order valence-corrected chi connectivity index (χ2v) is 7.04. The highest BCUT2D eigenvalue weighted by molar-refractivity contribution is 7.20. The highest BCUT2D eigenvalue weighted by Gasteiger charge is 2.18. The predicted octanol–water partition coefficient (Wildman–Crippen LogP) is 5.73. The van der Waals surface area contributed by atoms with Crippen LogP contribution in [0, 0.1) is 0 Å².